The van der Waals surface area contributed by atoms with Gasteiger partial charge in [0.1, 0.15) is 6.04 Å². The summed E-state index contributed by atoms with van der Waals surface area (Å²) in [5.41, 5.74) is 0. The second kappa shape index (κ2) is 5.12. The zero-order chi connectivity index (χ0) is 13.4. The number of likely N-dealkylation sites (tertiary alicyclic amines) is 1. The Morgan fingerprint density at radius 2 is 2.00 bits per heavy atom. The topological polar surface area (TPSA) is 61.4 Å². The van der Waals surface area contributed by atoms with E-state index in [1.807, 2.05) is 4.90 Å². The number of rotatable bonds is 3. The standard InChI is InChI=1S/C14H23N3O2/c1-9-7-15-8-11(9)14(19)17-6-2-3-12(17)13(18)16-10-4-5-10/h9-12,15H,2-8H2,1H3,(H,16,18). The fourth-order valence-corrected chi connectivity index (χ4v) is 3.18. The summed E-state index contributed by atoms with van der Waals surface area (Å²) < 4.78 is 0. The molecule has 0 aromatic rings. The van der Waals surface area contributed by atoms with Gasteiger partial charge in [0.05, 0.1) is 5.92 Å². The van der Waals surface area contributed by atoms with Gasteiger partial charge < -0.3 is 15.5 Å². The van der Waals surface area contributed by atoms with E-state index in [1.54, 1.807) is 0 Å². The van der Waals surface area contributed by atoms with Gasteiger partial charge in [0, 0.05) is 19.1 Å². The highest BCUT2D eigenvalue weighted by molar-refractivity contribution is 5.89. The molecule has 0 aromatic carbocycles. The summed E-state index contributed by atoms with van der Waals surface area (Å²) in [6.07, 6.45) is 3.95. The SMILES string of the molecule is CC1CNCC1C(=O)N1CCCC1C(=O)NC1CC1. The van der Waals surface area contributed by atoms with E-state index in [-0.39, 0.29) is 23.8 Å². The van der Waals surface area contributed by atoms with Crippen molar-refractivity contribution in [1.82, 2.24) is 15.5 Å². The molecule has 1 saturated carbocycles. The number of amides is 2. The van der Waals surface area contributed by atoms with Gasteiger partial charge in [0.15, 0.2) is 0 Å². The van der Waals surface area contributed by atoms with Gasteiger partial charge >= 0.3 is 0 Å². The van der Waals surface area contributed by atoms with Crippen LogP contribution < -0.4 is 10.6 Å². The maximum Gasteiger partial charge on any atom is 0.243 e. The highest BCUT2D eigenvalue weighted by atomic mass is 16.2. The molecule has 2 N–H and O–H groups in total. The molecule has 3 rings (SSSR count). The molecular weight excluding hydrogens is 242 g/mol. The van der Waals surface area contributed by atoms with E-state index in [2.05, 4.69) is 17.6 Å². The Bertz CT molecular complexity index is 381. The quantitative estimate of drug-likeness (QED) is 0.761. The summed E-state index contributed by atoms with van der Waals surface area (Å²) in [6, 6.07) is 0.151. The van der Waals surface area contributed by atoms with Crippen molar-refractivity contribution in [3.63, 3.8) is 0 Å². The monoisotopic (exact) mass is 265 g/mol. The van der Waals surface area contributed by atoms with E-state index in [4.69, 9.17) is 0 Å². The first-order valence-electron chi connectivity index (χ1n) is 7.48. The minimum Gasteiger partial charge on any atom is -0.352 e. The van der Waals surface area contributed by atoms with Crippen molar-refractivity contribution in [2.45, 2.75) is 44.7 Å². The number of hydrogen-bond donors (Lipinski definition) is 2. The van der Waals surface area contributed by atoms with Crippen molar-refractivity contribution in [3.05, 3.63) is 0 Å². The number of nitrogens with zero attached hydrogens (tertiary/aromatic N) is 1. The minimum absolute atomic E-state index is 0.0503. The normalized spacial score (nSPS) is 34.6. The molecule has 2 heterocycles. The molecule has 0 bridgehead atoms. The highest BCUT2D eigenvalue weighted by Gasteiger charge is 2.41. The number of carbonyl (C=O) groups is 2. The first kappa shape index (κ1) is 12.9. The third kappa shape index (κ3) is 2.61. The zero-order valence-corrected chi connectivity index (χ0v) is 11.5. The fraction of sp³-hybridized carbons (Fsp3) is 0.857. The fourth-order valence-electron chi connectivity index (χ4n) is 3.18. The lowest BCUT2D eigenvalue weighted by atomic mass is 9.96. The minimum atomic E-state index is -0.221. The summed E-state index contributed by atoms with van der Waals surface area (Å²) in [6.45, 7) is 4.51. The van der Waals surface area contributed by atoms with Crippen molar-refractivity contribution < 1.29 is 9.59 Å². The predicted molar refractivity (Wildman–Crippen MR) is 71.4 cm³/mol. The van der Waals surface area contributed by atoms with Crippen LogP contribution in [0.15, 0.2) is 0 Å². The Labute approximate surface area is 114 Å². The largest absolute Gasteiger partial charge is 0.352 e. The lowest BCUT2D eigenvalue weighted by molar-refractivity contribution is -0.142. The van der Waals surface area contributed by atoms with Crippen molar-refractivity contribution >= 4 is 11.8 Å². The van der Waals surface area contributed by atoms with Gasteiger partial charge in [-0.15, -0.1) is 0 Å². The van der Waals surface area contributed by atoms with Crippen LogP contribution in [0.4, 0.5) is 0 Å². The Morgan fingerprint density at radius 3 is 2.63 bits per heavy atom. The average molecular weight is 265 g/mol. The van der Waals surface area contributed by atoms with Crippen LogP contribution in [0.25, 0.3) is 0 Å². The van der Waals surface area contributed by atoms with Gasteiger partial charge in [-0.05, 0) is 38.1 Å². The summed E-state index contributed by atoms with van der Waals surface area (Å²) in [7, 11) is 0. The van der Waals surface area contributed by atoms with Crippen LogP contribution in [0.5, 0.6) is 0 Å². The van der Waals surface area contributed by atoms with E-state index in [1.165, 1.54) is 0 Å². The molecule has 5 nitrogen and oxygen atoms in total. The number of carbonyl (C=O) groups excluding carboxylic acids is 2. The maximum absolute atomic E-state index is 12.6. The first-order chi connectivity index (χ1) is 9.16. The Kier molecular flexibility index (Phi) is 3.48. The van der Waals surface area contributed by atoms with E-state index in [9.17, 15) is 9.59 Å². The molecule has 1 aliphatic carbocycles. The van der Waals surface area contributed by atoms with Crippen LogP contribution in [-0.2, 0) is 9.59 Å². The molecule has 3 unspecified atom stereocenters. The van der Waals surface area contributed by atoms with Crippen molar-refractivity contribution in [2.24, 2.45) is 11.8 Å². The Hall–Kier alpha value is -1.10. The van der Waals surface area contributed by atoms with Crippen LogP contribution in [0.3, 0.4) is 0 Å². The highest BCUT2D eigenvalue weighted by Crippen LogP contribution is 2.26. The van der Waals surface area contributed by atoms with Crippen molar-refractivity contribution in [3.8, 4) is 0 Å². The number of nitrogens with one attached hydrogen (secondary N) is 2. The van der Waals surface area contributed by atoms with Crippen LogP contribution in [0.1, 0.15) is 32.6 Å². The van der Waals surface area contributed by atoms with Crippen molar-refractivity contribution in [2.75, 3.05) is 19.6 Å². The molecule has 5 heteroatoms. The zero-order valence-electron chi connectivity index (χ0n) is 11.5. The second-order valence-electron chi connectivity index (χ2n) is 6.21. The van der Waals surface area contributed by atoms with E-state index >= 15 is 0 Å². The van der Waals surface area contributed by atoms with Crippen LogP contribution in [0.2, 0.25) is 0 Å². The molecule has 2 saturated heterocycles. The van der Waals surface area contributed by atoms with Gasteiger partial charge in [-0.2, -0.15) is 0 Å². The molecule has 2 amide bonds. The molecule has 0 radical (unpaired) electrons. The number of hydrogen-bond acceptors (Lipinski definition) is 3. The van der Waals surface area contributed by atoms with E-state index in [0.717, 1.165) is 45.3 Å². The van der Waals surface area contributed by atoms with Crippen LogP contribution >= 0.6 is 0 Å². The van der Waals surface area contributed by atoms with Gasteiger partial charge in [0.2, 0.25) is 11.8 Å². The maximum atomic E-state index is 12.6. The van der Waals surface area contributed by atoms with Gasteiger partial charge in [-0.25, -0.2) is 0 Å². The summed E-state index contributed by atoms with van der Waals surface area (Å²) in [4.78, 5) is 26.6. The molecule has 3 aliphatic rings. The van der Waals surface area contributed by atoms with E-state index < -0.39 is 0 Å². The smallest absolute Gasteiger partial charge is 0.243 e. The van der Waals surface area contributed by atoms with E-state index in [0.29, 0.717) is 12.0 Å². The molecule has 3 atom stereocenters. The summed E-state index contributed by atoms with van der Waals surface area (Å²) in [5.74, 6) is 0.660. The van der Waals surface area contributed by atoms with Crippen LogP contribution in [0, 0.1) is 11.8 Å². The molecule has 2 aliphatic heterocycles. The van der Waals surface area contributed by atoms with Crippen LogP contribution in [-0.4, -0.2) is 48.4 Å². The average Bonchev–Trinajstić information content (AvgIpc) is 2.92. The molecule has 0 aromatic heterocycles. The predicted octanol–water partition coefficient (Wildman–Crippen LogP) is 0.112. The Morgan fingerprint density at radius 1 is 1.21 bits per heavy atom. The summed E-state index contributed by atoms with van der Waals surface area (Å²) in [5, 5.41) is 6.30. The molecule has 0 spiro atoms. The van der Waals surface area contributed by atoms with Gasteiger partial charge in [-0.1, -0.05) is 6.92 Å². The summed E-state index contributed by atoms with van der Waals surface area (Å²) >= 11 is 0. The molecule has 106 valence electrons. The third-order valence-electron chi connectivity index (χ3n) is 4.60. The lowest BCUT2D eigenvalue weighted by Gasteiger charge is -2.27. The third-order valence-corrected chi connectivity index (χ3v) is 4.60. The van der Waals surface area contributed by atoms with Gasteiger partial charge in [-0.3, -0.25) is 9.59 Å². The molecule has 3 fully saturated rings. The second-order valence-corrected chi connectivity index (χ2v) is 6.21. The van der Waals surface area contributed by atoms with Crippen molar-refractivity contribution in [1.29, 1.82) is 0 Å². The Balaban J connectivity index is 1.64. The van der Waals surface area contributed by atoms with Gasteiger partial charge in [0.25, 0.3) is 0 Å². The molecule has 19 heavy (non-hydrogen) atoms. The lowest BCUT2D eigenvalue weighted by Crippen LogP contribution is -2.49. The first-order valence-corrected chi connectivity index (χ1v) is 7.48. The molecular formula is C14H23N3O2.